The minimum Gasteiger partial charge on any atom is -0.462 e. The summed E-state index contributed by atoms with van der Waals surface area (Å²) in [6.07, 6.45) is 5.07. The summed E-state index contributed by atoms with van der Waals surface area (Å²) in [5.74, 6) is 0.0207. The maximum absolute atomic E-state index is 12.7. The molecule has 5 heteroatoms. The van der Waals surface area contributed by atoms with E-state index in [9.17, 15) is 9.59 Å². The van der Waals surface area contributed by atoms with Crippen molar-refractivity contribution in [3.8, 4) is 0 Å². The number of benzene rings is 1. The van der Waals surface area contributed by atoms with Gasteiger partial charge in [-0.05, 0) is 43.9 Å². The van der Waals surface area contributed by atoms with E-state index in [1.54, 1.807) is 11.5 Å². The van der Waals surface area contributed by atoms with Crippen LogP contribution in [0, 0.1) is 0 Å². The van der Waals surface area contributed by atoms with Crippen molar-refractivity contribution in [1.29, 1.82) is 0 Å². The van der Waals surface area contributed by atoms with Crippen LogP contribution in [0.3, 0.4) is 0 Å². The second-order valence-corrected chi connectivity index (χ2v) is 5.86. The van der Waals surface area contributed by atoms with Crippen LogP contribution in [0.2, 0.25) is 0 Å². The van der Waals surface area contributed by atoms with Gasteiger partial charge in [0.05, 0.1) is 6.61 Å². The summed E-state index contributed by atoms with van der Waals surface area (Å²) >= 11 is 0. The zero-order valence-corrected chi connectivity index (χ0v) is 13.9. The summed E-state index contributed by atoms with van der Waals surface area (Å²) < 4.78 is 6.57. The molecule has 5 nitrogen and oxygen atoms in total. The Morgan fingerprint density at radius 1 is 1.38 bits per heavy atom. The molecule has 3 rings (SSSR count). The van der Waals surface area contributed by atoms with Crippen molar-refractivity contribution in [2.45, 2.75) is 32.7 Å². The number of rotatable bonds is 3. The third-order valence-corrected chi connectivity index (χ3v) is 4.19. The van der Waals surface area contributed by atoms with Crippen molar-refractivity contribution in [3.05, 3.63) is 63.8 Å². The fraction of sp³-hybridized carbons (Fsp3) is 0.316. The lowest BCUT2D eigenvalue weighted by Gasteiger charge is -2.26. The van der Waals surface area contributed by atoms with Crippen LogP contribution < -0.4 is 5.56 Å². The highest BCUT2D eigenvalue weighted by Crippen LogP contribution is 2.31. The number of aromatic nitrogens is 2. The smallest absolute Gasteiger partial charge is 0.345 e. The number of carbonyl (C=O) groups is 1. The lowest BCUT2D eigenvalue weighted by Crippen LogP contribution is -2.34. The molecule has 1 aliphatic rings. The van der Waals surface area contributed by atoms with Crippen LogP contribution in [-0.2, 0) is 4.74 Å². The van der Waals surface area contributed by atoms with Crippen LogP contribution in [0.25, 0.3) is 11.6 Å². The normalized spacial score (nSPS) is 18.2. The van der Waals surface area contributed by atoms with Crippen molar-refractivity contribution in [3.63, 3.8) is 0 Å². The summed E-state index contributed by atoms with van der Waals surface area (Å²) in [6, 6.07) is 9.95. The number of ether oxygens (including phenoxy) is 1. The van der Waals surface area contributed by atoms with E-state index in [0.717, 1.165) is 24.0 Å². The van der Waals surface area contributed by atoms with Crippen molar-refractivity contribution in [1.82, 2.24) is 9.55 Å². The minimum absolute atomic E-state index is 0.00213. The molecule has 2 heterocycles. The van der Waals surface area contributed by atoms with Crippen LogP contribution in [0.4, 0.5) is 0 Å². The first kappa shape index (κ1) is 16.2. The molecule has 1 aliphatic heterocycles. The second-order valence-electron chi connectivity index (χ2n) is 5.86. The van der Waals surface area contributed by atoms with E-state index in [0.29, 0.717) is 5.82 Å². The van der Waals surface area contributed by atoms with Gasteiger partial charge in [-0.1, -0.05) is 30.3 Å². The summed E-state index contributed by atoms with van der Waals surface area (Å²) in [5.41, 5.74) is 1.74. The van der Waals surface area contributed by atoms with Gasteiger partial charge in [0.2, 0.25) is 0 Å². The molecule has 0 bridgehead atoms. The van der Waals surface area contributed by atoms with E-state index in [2.05, 4.69) is 4.98 Å². The molecule has 1 unspecified atom stereocenters. The summed E-state index contributed by atoms with van der Waals surface area (Å²) in [5, 5.41) is 0. The quantitative estimate of drug-likeness (QED) is 0.813. The summed E-state index contributed by atoms with van der Waals surface area (Å²) in [6.45, 7) is 3.92. The topological polar surface area (TPSA) is 61.2 Å². The third kappa shape index (κ3) is 3.02. The van der Waals surface area contributed by atoms with Gasteiger partial charge in [0.15, 0.2) is 0 Å². The van der Waals surface area contributed by atoms with Gasteiger partial charge in [-0.3, -0.25) is 9.36 Å². The number of carbonyl (C=O) groups excluding carboxylic acids is 1. The van der Waals surface area contributed by atoms with Crippen molar-refractivity contribution in [2.24, 2.45) is 0 Å². The van der Waals surface area contributed by atoms with Crippen LogP contribution >= 0.6 is 0 Å². The molecule has 0 N–H and O–H groups in total. The van der Waals surface area contributed by atoms with Gasteiger partial charge in [0, 0.05) is 12.2 Å². The monoisotopic (exact) mass is 324 g/mol. The SMILES string of the molecule is CCOC(=O)c1cnc2n(c1=O)C(C)CC/C2=C/c1ccccc1. The van der Waals surface area contributed by atoms with E-state index in [-0.39, 0.29) is 23.8 Å². The maximum Gasteiger partial charge on any atom is 0.345 e. The highest BCUT2D eigenvalue weighted by Gasteiger charge is 2.25. The highest BCUT2D eigenvalue weighted by atomic mass is 16.5. The molecule has 1 atom stereocenters. The Bertz CT molecular complexity index is 837. The van der Waals surface area contributed by atoms with Gasteiger partial charge >= 0.3 is 5.97 Å². The Labute approximate surface area is 140 Å². The number of nitrogens with zero attached hydrogens (tertiary/aromatic N) is 2. The Balaban J connectivity index is 2.09. The molecule has 124 valence electrons. The first-order valence-electron chi connectivity index (χ1n) is 8.16. The fourth-order valence-electron chi connectivity index (χ4n) is 2.96. The highest BCUT2D eigenvalue weighted by molar-refractivity contribution is 5.89. The zero-order chi connectivity index (χ0) is 17.1. The van der Waals surface area contributed by atoms with E-state index >= 15 is 0 Å². The minimum atomic E-state index is -0.614. The molecule has 0 saturated carbocycles. The van der Waals surface area contributed by atoms with Crippen molar-refractivity contribution in [2.75, 3.05) is 6.61 Å². The number of allylic oxidation sites excluding steroid dienone is 1. The Morgan fingerprint density at radius 3 is 2.83 bits per heavy atom. The first-order valence-corrected chi connectivity index (χ1v) is 8.16. The van der Waals surface area contributed by atoms with Gasteiger partial charge in [0.25, 0.3) is 5.56 Å². The van der Waals surface area contributed by atoms with Gasteiger partial charge < -0.3 is 4.74 Å². The molecule has 0 saturated heterocycles. The molecule has 1 aromatic carbocycles. The van der Waals surface area contributed by atoms with Crippen LogP contribution in [0.15, 0.2) is 41.3 Å². The first-order chi connectivity index (χ1) is 11.6. The molecule has 24 heavy (non-hydrogen) atoms. The van der Waals surface area contributed by atoms with E-state index in [1.807, 2.05) is 43.3 Å². The fourth-order valence-corrected chi connectivity index (χ4v) is 2.96. The molecular formula is C19H20N2O3. The molecule has 0 spiro atoms. The van der Waals surface area contributed by atoms with Crippen molar-refractivity contribution < 1.29 is 9.53 Å². The van der Waals surface area contributed by atoms with Gasteiger partial charge in [-0.15, -0.1) is 0 Å². The average Bonchev–Trinajstić information content (AvgIpc) is 2.58. The van der Waals surface area contributed by atoms with Crippen LogP contribution in [-0.4, -0.2) is 22.1 Å². The summed E-state index contributed by atoms with van der Waals surface area (Å²) in [7, 11) is 0. The molecule has 2 aromatic rings. The van der Waals surface area contributed by atoms with Crippen LogP contribution in [0.1, 0.15) is 54.5 Å². The average molecular weight is 324 g/mol. The predicted octanol–water partition coefficient (Wildman–Crippen LogP) is 3.32. The maximum atomic E-state index is 12.7. The molecular weight excluding hydrogens is 304 g/mol. The van der Waals surface area contributed by atoms with Gasteiger partial charge in [-0.25, -0.2) is 9.78 Å². The van der Waals surface area contributed by atoms with Crippen LogP contribution in [0.5, 0.6) is 0 Å². The van der Waals surface area contributed by atoms with Crippen molar-refractivity contribution >= 4 is 17.6 Å². The number of hydrogen-bond acceptors (Lipinski definition) is 4. The molecule has 0 fully saturated rings. The van der Waals surface area contributed by atoms with E-state index in [1.165, 1.54) is 6.20 Å². The largest absolute Gasteiger partial charge is 0.462 e. The second kappa shape index (κ2) is 6.83. The molecule has 0 radical (unpaired) electrons. The van der Waals surface area contributed by atoms with E-state index in [4.69, 9.17) is 4.74 Å². The Morgan fingerprint density at radius 2 is 2.12 bits per heavy atom. The Kier molecular flexibility index (Phi) is 4.60. The van der Waals surface area contributed by atoms with E-state index < -0.39 is 5.97 Å². The predicted molar refractivity (Wildman–Crippen MR) is 92.7 cm³/mol. The third-order valence-electron chi connectivity index (χ3n) is 4.19. The Hall–Kier alpha value is -2.69. The molecule has 1 aromatic heterocycles. The standard InChI is InChI=1S/C19H20N2O3/c1-3-24-19(23)16-12-20-17-15(11-14-7-5-4-6-8-14)10-9-13(2)21(17)18(16)22/h4-8,11-13H,3,9-10H2,1-2H3/b15-11-. The lowest BCUT2D eigenvalue weighted by atomic mass is 9.97. The number of fused-ring (bicyclic) bond motifs is 1. The van der Waals surface area contributed by atoms with Gasteiger partial charge in [0.1, 0.15) is 11.4 Å². The summed E-state index contributed by atoms with van der Waals surface area (Å²) in [4.78, 5) is 29.1. The number of hydrogen-bond donors (Lipinski definition) is 0. The van der Waals surface area contributed by atoms with Gasteiger partial charge in [-0.2, -0.15) is 0 Å². The zero-order valence-electron chi connectivity index (χ0n) is 13.9. The molecule has 0 aliphatic carbocycles. The number of esters is 1. The lowest BCUT2D eigenvalue weighted by molar-refractivity contribution is 0.0522. The molecule has 0 amide bonds.